The molecule has 2 aromatic rings. The van der Waals surface area contributed by atoms with E-state index in [0.29, 0.717) is 0 Å². The predicted octanol–water partition coefficient (Wildman–Crippen LogP) is 6.81. The number of benzene rings is 1. The first kappa shape index (κ1) is 23.4. The van der Waals surface area contributed by atoms with Crippen LogP contribution in [0.1, 0.15) is 84.6 Å². The van der Waals surface area contributed by atoms with Crippen molar-refractivity contribution in [1.82, 2.24) is 15.0 Å². The Balaban J connectivity index is 1.93. The molecule has 4 heteroatoms. The zero-order valence-electron chi connectivity index (χ0n) is 19.4. The predicted molar refractivity (Wildman–Crippen MR) is 125 cm³/mol. The highest BCUT2D eigenvalue weighted by molar-refractivity contribution is 5.40. The van der Waals surface area contributed by atoms with Crippen LogP contribution in [-0.4, -0.2) is 28.1 Å². The molecule has 0 bridgehead atoms. The average molecular weight is 399 g/mol. The van der Waals surface area contributed by atoms with Gasteiger partial charge in [-0.15, -0.1) is 5.10 Å². The molecule has 0 N–H and O–H groups in total. The third-order valence-corrected chi connectivity index (χ3v) is 5.52. The van der Waals surface area contributed by atoms with E-state index in [2.05, 4.69) is 80.3 Å². The molecule has 0 radical (unpaired) electrons. The highest BCUT2D eigenvalue weighted by Crippen LogP contribution is 2.17. The van der Waals surface area contributed by atoms with E-state index in [1.54, 1.807) is 0 Å². The minimum absolute atomic E-state index is 0.807. The summed E-state index contributed by atoms with van der Waals surface area (Å²) in [7, 11) is 0. The second kappa shape index (κ2) is 12.7. The van der Waals surface area contributed by atoms with Gasteiger partial charge >= 0.3 is 0 Å². The summed E-state index contributed by atoms with van der Waals surface area (Å²) >= 11 is 0. The van der Waals surface area contributed by atoms with Gasteiger partial charge in [0.05, 0.1) is 11.9 Å². The summed E-state index contributed by atoms with van der Waals surface area (Å²) in [5.74, 6) is 2.63. The van der Waals surface area contributed by atoms with Gasteiger partial charge in [-0.3, -0.25) is 0 Å². The number of hydrogen-bond donors (Lipinski definition) is 0. The van der Waals surface area contributed by atoms with Crippen LogP contribution in [0.2, 0.25) is 0 Å². The molecule has 29 heavy (non-hydrogen) atoms. The van der Waals surface area contributed by atoms with Gasteiger partial charge in [0.1, 0.15) is 0 Å². The van der Waals surface area contributed by atoms with Crippen molar-refractivity contribution in [3.05, 3.63) is 36.0 Å². The van der Waals surface area contributed by atoms with Gasteiger partial charge in [-0.05, 0) is 43.7 Å². The van der Waals surface area contributed by atoms with E-state index in [1.807, 2.05) is 4.68 Å². The molecule has 0 amide bonds. The first-order chi connectivity index (χ1) is 14.0. The normalized spacial score (nSPS) is 11.6. The number of rotatable bonds is 14. The molecule has 162 valence electrons. The molecular formula is C25H42N4. The first-order valence-electron chi connectivity index (χ1n) is 11.7. The average Bonchev–Trinajstić information content (AvgIpc) is 3.16. The van der Waals surface area contributed by atoms with Crippen molar-refractivity contribution in [1.29, 1.82) is 0 Å². The quantitative estimate of drug-likeness (QED) is 0.328. The van der Waals surface area contributed by atoms with Crippen molar-refractivity contribution < 1.29 is 0 Å². The zero-order valence-corrected chi connectivity index (χ0v) is 19.4. The number of nitrogens with zero attached hydrogens (tertiary/aromatic N) is 4. The molecule has 4 nitrogen and oxygen atoms in total. The SMILES string of the molecule is Cc1ccc(-n2cc(N(CCCCCC(C)C)CCCCCC(C)C)nn2)cc1. The lowest BCUT2D eigenvalue weighted by atomic mass is 10.0. The Kier molecular flexibility index (Phi) is 10.2. The van der Waals surface area contributed by atoms with E-state index in [-0.39, 0.29) is 0 Å². The smallest absolute Gasteiger partial charge is 0.171 e. The Morgan fingerprint density at radius 1 is 0.793 bits per heavy atom. The number of anilines is 1. The van der Waals surface area contributed by atoms with Gasteiger partial charge in [0, 0.05) is 13.1 Å². The minimum Gasteiger partial charge on any atom is -0.354 e. The molecule has 0 atom stereocenters. The molecule has 0 aliphatic rings. The monoisotopic (exact) mass is 398 g/mol. The number of unbranched alkanes of at least 4 members (excludes halogenated alkanes) is 4. The van der Waals surface area contributed by atoms with Gasteiger partial charge < -0.3 is 4.90 Å². The van der Waals surface area contributed by atoms with Crippen LogP contribution in [0.25, 0.3) is 5.69 Å². The molecule has 1 aromatic heterocycles. The fourth-order valence-electron chi connectivity index (χ4n) is 3.63. The molecule has 2 rings (SSSR count). The van der Waals surface area contributed by atoms with Gasteiger partial charge in [-0.1, -0.05) is 89.1 Å². The van der Waals surface area contributed by atoms with Gasteiger partial charge in [-0.25, -0.2) is 4.68 Å². The van der Waals surface area contributed by atoms with E-state index in [1.165, 1.54) is 56.9 Å². The molecular weight excluding hydrogens is 356 g/mol. The third kappa shape index (κ3) is 9.01. The standard InChI is InChI=1S/C25H42N4/c1-21(2)12-8-6-10-18-28(19-11-7-9-13-22(3)4)25-20-29(27-26-25)24-16-14-23(5)15-17-24/h14-17,20-22H,6-13,18-19H2,1-5H3. The van der Waals surface area contributed by atoms with E-state index < -0.39 is 0 Å². The Morgan fingerprint density at radius 2 is 1.34 bits per heavy atom. The molecule has 1 aromatic carbocycles. The lowest BCUT2D eigenvalue weighted by Crippen LogP contribution is -2.26. The summed E-state index contributed by atoms with van der Waals surface area (Å²) < 4.78 is 1.90. The van der Waals surface area contributed by atoms with E-state index in [0.717, 1.165) is 36.4 Å². The van der Waals surface area contributed by atoms with Crippen LogP contribution in [0, 0.1) is 18.8 Å². The van der Waals surface area contributed by atoms with Crippen molar-refractivity contribution in [3.8, 4) is 5.69 Å². The molecule has 0 unspecified atom stereocenters. The lowest BCUT2D eigenvalue weighted by Gasteiger charge is -2.22. The second-order valence-corrected chi connectivity index (χ2v) is 9.33. The zero-order chi connectivity index (χ0) is 21.1. The lowest BCUT2D eigenvalue weighted by molar-refractivity contribution is 0.513. The fraction of sp³-hybridized carbons (Fsp3) is 0.680. The van der Waals surface area contributed by atoms with Crippen LogP contribution in [-0.2, 0) is 0 Å². The van der Waals surface area contributed by atoms with Crippen molar-refractivity contribution in [2.45, 2.75) is 86.0 Å². The Labute approximate surface area is 178 Å². The molecule has 1 heterocycles. The highest BCUT2D eigenvalue weighted by Gasteiger charge is 2.12. The molecule has 0 aliphatic carbocycles. The highest BCUT2D eigenvalue weighted by atomic mass is 15.5. The van der Waals surface area contributed by atoms with Gasteiger partial charge in [0.2, 0.25) is 0 Å². The third-order valence-electron chi connectivity index (χ3n) is 5.52. The summed E-state index contributed by atoms with van der Waals surface area (Å²) in [6, 6.07) is 8.46. The molecule has 0 spiro atoms. The summed E-state index contributed by atoms with van der Waals surface area (Å²) in [4.78, 5) is 2.45. The van der Waals surface area contributed by atoms with Crippen molar-refractivity contribution in [3.63, 3.8) is 0 Å². The van der Waals surface area contributed by atoms with Crippen LogP contribution in [0.5, 0.6) is 0 Å². The van der Waals surface area contributed by atoms with Crippen LogP contribution in [0.4, 0.5) is 5.82 Å². The minimum atomic E-state index is 0.807. The van der Waals surface area contributed by atoms with E-state index >= 15 is 0 Å². The van der Waals surface area contributed by atoms with E-state index in [4.69, 9.17) is 0 Å². The van der Waals surface area contributed by atoms with Gasteiger partial charge in [0.25, 0.3) is 0 Å². The molecule has 0 saturated carbocycles. The first-order valence-corrected chi connectivity index (χ1v) is 11.7. The molecule has 0 saturated heterocycles. The maximum Gasteiger partial charge on any atom is 0.171 e. The number of aryl methyl sites for hydroxylation is 1. The Hall–Kier alpha value is -1.84. The Bertz CT molecular complexity index is 654. The Morgan fingerprint density at radius 3 is 1.86 bits per heavy atom. The fourth-order valence-corrected chi connectivity index (χ4v) is 3.63. The van der Waals surface area contributed by atoms with Crippen molar-refractivity contribution >= 4 is 5.82 Å². The summed E-state index contributed by atoms with van der Waals surface area (Å²) in [5, 5.41) is 8.91. The van der Waals surface area contributed by atoms with Crippen molar-refractivity contribution in [2.24, 2.45) is 11.8 Å². The van der Waals surface area contributed by atoms with Crippen LogP contribution < -0.4 is 4.90 Å². The largest absolute Gasteiger partial charge is 0.354 e. The van der Waals surface area contributed by atoms with Gasteiger partial charge in [0.15, 0.2) is 5.82 Å². The van der Waals surface area contributed by atoms with Crippen LogP contribution in [0.3, 0.4) is 0 Å². The summed E-state index contributed by atoms with van der Waals surface area (Å²) in [6.07, 6.45) is 12.5. The van der Waals surface area contributed by atoms with Crippen molar-refractivity contribution in [2.75, 3.05) is 18.0 Å². The number of aromatic nitrogens is 3. The molecule has 0 fully saturated rings. The van der Waals surface area contributed by atoms with Crippen LogP contribution in [0.15, 0.2) is 30.5 Å². The van der Waals surface area contributed by atoms with E-state index in [9.17, 15) is 0 Å². The maximum atomic E-state index is 4.51. The summed E-state index contributed by atoms with van der Waals surface area (Å²) in [5.41, 5.74) is 2.33. The van der Waals surface area contributed by atoms with Crippen LogP contribution >= 0.6 is 0 Å². The summed E-state index contributed by atoms with van der Waals surface area (Å²) in [6.45, 7) is 13.5. The number of hydrogen-bond acceptors (Lipinski definition) is 3. The molecule has 0 aliphatic heterocycles. The second-order valence-electron chi connectivity index (χ2n) is 9.33. The van der Waals surface area contributed by atoms with Gasteiger partial charge in [-0.2, -0.15) is 0 Å². The maximum absolute atomic E-state index is 4.51. The topological polar surface area (TPSA) is 34.0 Å².